The van der Waals surface area contributed by atoms with Gasteiger partial charge in [-0.3, -0.25) is 0 Å². The summed E-state index contributed by atoms with van der Waals surface area (Å²) < 4.78 is 0. The highest BCUT2D eigenvalue weighted by Gasteiger charge is 1.84. The Kier molecular flexibility index (Phi) is 5.43. The molecular formula is C8H12S. The molecule has 1 aliphatic carbocycles. The first kappa shape index (κ1) is 8.57. The van der Waals surface area contributed by atoms with Crippen LogP contribution in [-0.4, -0.2) is 6.26 Å². The number of allylic oxidation sites excluding steroid dienone is 5. The van der Waals surface area contributed by atoms with Crippen LogP contribution in [0.2, 0.25) is 0 Å². The van der Waals surface area contributed by atoms with E-state index in [0.717, 1.165) is 6.42 Å². The highest BCUT2D eigenvalue weighted by molar-refractivity contribution is 7.79. The summed E-state index contributed by atoms with van der Waals surface area (Å²) in [5, 5.41) is 0. The van der Waals surface area contributed by atoms with Gasteiger partial charge in [0.2, 0.25) is 0 Å². The lowest BCUT2D eigenvalue weighted by molar-refractivity contribution is 1.28. The Bertz CT molecular complexity index is 132. The lowest BCUT2D eigenvalue weighted by Gasteiger charge is -1.94. The van der Waals surface area contributed by atoms with Crippen molar-refractivity contribution >= 4 is 12.6 Å². The van der Waals surface area contributed by atoms with Gasteiger partial charge in [0.25, 0.3) is 0 Å². The first-order chi connectivity index (χ1) is 4.39. The Morgan fingerprint density at radius 1 is 1.44 bits per heavy atom. The molecule has 0 aromatic heterocycles. The fraction of sp³-hybridized carbons (Fsp3) is 0.250. The molecule has 0 radical (unpaired) electrons. The van der Waals surface area contributed by atoms with Crippen molar-refractivity contribution in [2.24, 2.45) is 0 Å². The quantitative estimate of drug-likeness (QED) is 0.491. The minimum atomic E-state index is 1.02. The molecule has 0 bridgehead atoms. The predicted molar refractivity (Wildman–Crippen MR) is 46.9 cm³/mol. The van der Waals surface area contributed by atoms with Crippen LogP contribution in [0.4, 0.5) is 0 Å². The van der Waals surface area contributed by atoms with Gasteiger partial charge in [-0.1, -0.05) is 36.5 Å². The van der Waals surface area contributed by atoms with E-state index in [2.05, 4.69) is 25.3 Å². The van der Waals surface area contributed by atoms with Gasteiger partial charge in [-0.05, 0) is 12.7 Å². The summed E-state index contributed by atoms with van der Waals surface area (Å²) in [6.07, 6.45) is 10.9. The van der Waals surface area contributed by atoms with E-state index in [1.54, 1.807) is 6.26 Å². The molecule has 0 atom stereocenters. The van der Waals surface area contributed by atoms with E-state index in [4.69, 9.17) is 0 Å². The van der Waals surface area contributed by atoms with Crippen LogP contribution in [0.1, 0.15) is 6.42 Å². The summed E-state index contributed by atoms with van der Waals surface area (Å²) >= 11 is 3.53. The van der Waals surface area contributed by atoms with Crippen molar-refractivity contribution in [3.8, 4) is 0 Å². The monoisotopic (exact) mass is 140 g/mol. The summed E-state index contributed by atoms with van der Waals surface area (Å²) in [5.74, 6) is 0. The SMILES string of the molecule is C=C1C=CC=CC1.CS. The minimum Gasteiger partial charge on any atom is -0.183 e. The van der Waals surface area contributed by atoms with Gasteiger partial charge in [0.05, 0.1) is 0 Å². The van der Waals surface area contributed by atoms with Gasteiger partial charge in [-0.15, -0.1) is 0 Å². The van der Waals surface area contributed by atoms with Crippen molar-refractivity contribution < 1.29 is 0 Å². The highest BCUT2D eigenvalue weighted by Crippen LogP contribution is 2.05. The topological polar surface area (TPSA) is 0 Å². The van der Waals surface area contributed by atoms with Crippen molar-refractivity contribution in [2.45, 2.75) is 6.42 Å². The number of hydrogen-bond acceptors (Lipinski definition) is 1. The summed E-state index contributed by atoms with van der Waals surface area (Å²) in [4.78, 5) is 0. The molecule has 0 amide bonds. The average Bonchev–Trinajstić information content (AvgIpc) is 1.94. The van der Waals surface area contributed by atoms with Gasteiger partial charge >= 0.3 is 0 Å². The molecule has 0 spiro atoms. The molecule has 0 fully saturated rings. The van der Waals surface area contributed by atoms with Crippen molar-refractivity contribution in [3.63, 3.8) is 0 Å². The maximum atomic E-state index is 3.78. The third kappa shape index (κ3) is 4.10. The maximum absolute atomic E-state index is 3.78. The molecular weight excluding hydrogens is 128 g/mol. The zero-order chi connectivity index (χ0) is 7.11. The summed E-state index contributed by atoms with van der Waals surface area (Å²) in [6.45, 7) is 3.78. The van der Waals surface area contributed by atoms with Crippen molar-refractivity contribution in [2.75, 3.05) is 6.26 Å². The summed E-state index contributed by atoms with van der Waals surface area (Å²) in [7, 11) is 0. The molecule has 1 heteroatoms. The third-order valence-corrected chi connectivity index (χ3v) is 0.959. The van der Waals surface area contributed by atoms with Crippen molar-refractivity contribution in [1.82, 2.24) is 0 Å². The van der Waals surface area contributed by atoms with Crippen LogP contribution >= 0.6 is 12.6 Å². The zero-order valence-electron chi connectivity index (χ0n) is 5.67. The van der Waals surface area contributed by atoms with E-state index >= 15 is 0 Å². The van der Waals surface area contributed by atoms with Gasteiger partial charge in [-0.25, -0.2) is 0 Å². The molecule has 0 unspecified atom stereocenters. The Labute approximate surface area is 62.4 Å². The Morgan fingerprint density at radius 2 is 2.11 bits per heavy atom. The largest absolute Gasteiger partial charge is 0.183 e. The normalized spacial score (nSPS) is 14.7. The average molecular weight is 140 g/mol. The molecule has 0 nitrogen and oxygen atoms in total. The molecule has 1 aliphatic rings. The Morgan fingerprint density at radius 3 is 2.33 bits per heavy atom. The highest BCUT2D eigenvalue weighted by atomic mass is 32.1. The molecule has 0 saturated carbocycles. The molecule has 0 aromatic carbocycles. The predicted octanol–water partition coefficient (Wildman–Crippen LogP) is 2.60. The van der Waals surface area contributed by atoms with Crippen LogP contribution in [-0.2, 0) is 0 Å². The molecule has 0 aliphatic heterocycles. The fourth-order valence-corrected chi connectivity index (χ4v) is 0.558. The van der Waals surface area contributed by atoms with Crippen LogP contribution in [0.25, 0.3) is 0 Å². The number of hydrogen-bond donors (Lipinski definition) is 1. The first-order valence-electron chi connectivity index (χ1n) is 2.85. The Hall–Kier alpha value is -0.430. The molecule has 0 N–H and O–H groups in total. The van der Waals surface area contributed by atoms with Crippen molar-refractivity contribution in [1.29, 1.82) is 0 Å². The second kappa shape index (κ2) is 5.70. The minimum absolute atomic E-state index is 1.02. The molecule has 0 saturated heterocycles. The molecule has 9 heavy (non-hydrogen) atoms. The van der Waals surface area contributed by atoms with E-state index in [-0.39, 0.29) is 0 Å². The number of thiol groups is 1. The third-order valence-electron chi connectivity index (χ3n) is 0.959. The standard InChI is InChI=1S/C7H8.CH4S/c1-7-5-3-2-4-6-7;1-2/h2-5H,1,6H2;2H,1H3. The summed E-state index contributed by atoms with van der Waals surface area (Å²) in [6, 6.07) is 0. The van der Waals surface area contributed by atoms with Crippen LogP contribution in [0, 0.1) is 0 Å². The van der Waals surface area contributed by atoms with E-state index in [1.165, 1.54) is 5.57 Å². The van der Waals surface area contributed by atoms with E-state index in [1.807, 2.05) is 18.2 Å². The zero-order valence-corrected chi connectivity index (χ0v) is 6.57. The second-order valence-electron chi connectivity index (χ2n) is 1.65. The van der Waals surface area contributed by atoms with E-state index in [9.17, 15) is 0 Å². The maximum Gasteiger partial charge on any atom is -0.0100 e. The smallest absolute Gasteiger partial charge is 0.0100 e. The number of rotatable bonds is 0. The van der Waals surface area contributed by atoms with E-state index in [0.29, 0.717) is 0 Å². The van der Waals surface area contributed by atoms with Crippen LogP contribution < -0.4 is 0 Å². The van der Waals surface area contributed by atoms with Crippen LogP contribution in [0.15, 0.2) is 36.5 Å². The lowest BCUT2D eigenvalue weighted by Crippen LogP contribution is -1.74. The fourth-order valence-electron chi connectivity index (χ4n) is 0.558. The molecule has 1 rings (SSSR count). The lowest BCUT2D eigenvalue weighted by atomic mass is 10.1. The van der Waals surface area contributed by atoms with E-state index < -0.39 is 0 Å². The first-order valence-corrected chi connectivity index (χ1v) is 3.75. The van der Waals surface area contributed by atoms with Gasteiger partial charge in [-0.2, -0.15) is 12.6 Å². The Balaban J connectivity index is 0.000000291. The molecule has 50 valence electrons. The van der Waals surface area contributed by atoms with Gasteiger partial charge in [0, 0.05) is 0 Å². The van der Waals surface area contributed by atoms with Gasteiger partial charge in [0.1, 0.15) is 0 Å². The van der Waals surface area contributed by atoms with Gasteiger partial charge in [0.15, 0.2) is 0 Å². The van der Waals surface area contributed by atoms with Crippen molar-refractivity contribution in [3.05, 3.63) is 36.5 Å². The van der Waals surface area contributed by atoms with Gasteiger partial charge < -0.3 is 0 Å². The van der Waals surface area contributed by atoms with Crippen LogP contribution in [0.3, 0.4) is 0 Å². The molecule has 0 aromatic rings. The second-order valence-corrected chi connectivity index (χ2v) is 1.65. The summed E-state index contributed by atoms with van der Waals surface area (Å²) in [5.41, 5.74) is 1.20. The van der Waals surface area contributed by atoms with Crippen LogP contribution in [0.5, 0.6) is 0 Å². The molecule has 0 heterocycles.